The van der Waals surface area contributed by atoms with Crippen molar-refractivity contribution in [2.45, 2.75) is 26.4 Å². The first-order chi connectivity index (χ1) is 11.9. The molecule has 0 saturated heterocycles. The van der Waals surface area contributed by atoms with Crippen molar-refractivity contribution in [3.63, 3.8) is 0 Å². The fourth-order valence-electron chi connectivity index (χ4n) is 3.42. The third-order valence-electron chi connectivity index (χ3n) is 4.81. The number of fused-ring (bicyclic) bond motifs is 1. The van der Waals surface area contributed by atoms with E-state index in [9.17, 15) is 5.11 Å². The highest BCUT2D eigenvalue weighted by molar-refractivity contribution is 5.96. The van der Waals surface area contributed by atoms with E-state index in [-0.39, 0.29) is 5.92 Å². The molecule has 0 spiro atoms. The number of methoxy groups -OCH3 is 1. The van der Waals surface area contributed by atoms with Crippen LogP contribution in [-0.4, -0.2) is 22.2 Å². The van der Waals surface area contributed by atoms with Gasteiger partial charge in [-0.25, -0.2) is 4.98 Å². The number of imidazole rings is 1. The van der Waals surface area contributed by atoms with E-state index in [1.165, 1.54) is 0 Å². The predicted molar refractivity (Wildman–Crippen MR) is 102 cm³/mol. The van der Waals surface area contributed by atoms with Crippen LogP contribution < -0.4 is 4.74 Å². The molecule has 2 N–H and O–H groups in total. The summed E-state index contributed by atoms with van der Waals surface area (Å²) in [5.74, 6) is 0.782. The van der Waals surface area contributed by atoms with Crippen molar-refractivity contribution >= 4 is 16.3 Å². The molecule has 1 heterocycles. The lowest BCUT2D eigenvalue weighted by Crippen LogP contribution is -2.33. The summed E-state index contributed by atoms with van der Waals surface area (Å²) in [5.41, 5.74) is 2.34. The highest BCUT2D eigenvalue weighted by atomic mass is 16.5. The van der Waals surface area contributed by atoms with E-state index in [1.54, 1.807) is 19.6 Å². The molecule has 0 aliphatic rings. The van der Waals surface area contributed by atoms with Gasteiger partial charge in [0.1, 0.15) is 11.4 Å². The Morgan fingerprint density at radius 2 is 2.04 bits per heavy atom. The Hall–Kier alpha value is -2.59. The van der Waals surface area contributed by atoms with Crippen molar-refractivity contribution in [1.82, 2.24) is 9.97 Å². The van der Waals surface area contributed by atoms with Crippen LogP contribution in [-0.2, 0) is 5.60 Å². The number of hydrogen-bond acceptors (Lipinski definition) is 3. The summed E-state index contributed by atoms with van der Waals surface area (Å²) in [6.45, 7) is 10.1. The zero-order chi connectivity index (χ0) is 18.2. The van der Waals surface area contributed by atoms with Crippen molar-refractivity contribution in [3.8, 4) is 5.75 Å². The van der Waals surface area contributed by atoms with Crippen LogP contribution in [0, 0.1) is 5.92 Å². The fourth-order valence-corrected chi connectivity index (χ4v) is 3.42. The maximum atomic E-state index is 11.4. The van der Waals surface area contributed by atoms with Gasteiger partial charge in [0.25, 0.3) is 0 Å². The number of aromatic nitrogens is 2. The van der Waals surface area contributed by atoms with Crippen LogP contribution in [0.5, 0.6) is 5.75 Å². The van der Waals surface area contributed by atoms with Gasteiger partial charge in [0.05, 0.1) is 25.3 Å². The van der Waals surface area contributed by atoms with Gasteiger partial charge in [-0.3, -0.25) is 0 Å². The molecule has 1 atom stereocenters. The summed E-state index contributed by atoms with van der Waals surface area (Å²) < 4.78 is 5.49. The number of aliphatic hydroxyl groups is 1. The summed E-state index contributed by atoms with van der Waals surface area (Å²) in [6.07, 6.45) is 3.27. The van der Waals surface area contributed by atoms with Crippen molar-refractivity contribution in [2.75, 3.05) is 7.11 Å². The number of allylic oxidation sites excluding steroid dienone is 1. The largest absolute Gasteiger partial charge is 0.496 e. The van der Waals surface area contributed by atoms with Crippen LogP contribution in [0.1, 0.15) is 37.6 Å². The lowest BCUT2D eigenvalue weighted by Gasteiger charge is -2.32. The molecule has 0 fully saturated rings. The molecule has 0 bridgehead atoms. The first-order valence-corrected chi connectivity index (χ1v) is 8.38. The smallest absolute Gasteiger partial charge is 0.133 e. The van der Waals surface area contributed by atoms with Crippen LogP contribution in [0.15, 0.2) is 49.4 Å². The second kappa shape index (κ2) is 6.37. The van der Waals surface area contributed by atoms with E-state index in [2.05, 4.69) is 16.5 Å². The zero-order valence-corrected chi connectivity index (χ0v) is 15.1. The summed E-state index contributed by atoms with van der Waals surface area (Å²) in [4.78, 5) is 7.13. The lowest BCUT2D eigenvalue weighted by molar-refractivity contribution is 0.0281. The van der Waals surface area contributed by atoms with Crippen molar-refractivity contribution in [2.24, 2.45) is 5.92 Å². The molecule has 25 heavy (non-hydrogen) atoms. The number of nitrogens with one attached hydrogen (secondary N) is 1. The first-order valence-electron chi connectivity index (χ1n) is 8.38. The third-order valence-corrected chi connectivity index (χ3v) is 4.81. The average Bonchev–Trinajstić information content (AvgIpc) is 3.14. The molecule has 0 amide bonds. The molecule has 4 heteroatoms. The van der Waals surface area contributed by atoms with E-state index in [0.717, 1.165) is 33.2 Å². The third kappa shape index (κ3) is 2.72. The topological polar surface area (TPSA) is 58.1 Å². The highest BCUT2D eigenvalue weighted by Gasteiger charge is 2.36. The van der Waals surface area contributed by atoms with Gasteiger partial charge in [-0.1, -0.05) is 38.6 Å². The van der Waals surface area contributed by atoms with Crippen LogP contribution in [0.25, 0.3) is 16.3 Å². The van der Waals surface area contributed by atoms with Gasteiger partial charge in [-0.05, 0) is 46.9 Å². The molecular weight excluding hydrogens is 312 g/mol. The minimum Gasteiger partial charge on any atom is -0.496 e. The monoisotopic (exact) mass is 336 g/mol. The Bertz CT molecular complexity index is 913. The maximum Gasteiger partial charge on any atom is 0.133 e. The Morgan fingerprint density at radius 3 is 2.60 bits per heavy atom. The van der Waals surface area contributed by atoms with E-state index < -0.39 is 5.60 Å². The molecule has 130 valence electrons. The van der Waals surface area contributed by atoms with Gasteiger partial charge in [-0.15, -0.1) is 0 Å². The normalized spacial score (nSPS) is 13.8. The molecule has 0 radical (unpaired) electrons. The number of hydrogen-bond donors (Lipinski definition) is 2. The highest BCUT2D eigenvalue weighted by Crippen LogP contribution is 2.39. The van der Waals surface area contributed by atoms with E-state index >= 15 is 0 Å². The van der Waals surface area contributed by atoms with E-state index in [0.29, 0.717) is 5.69 Å². The number of aromatic amines is 1. The van der Waals surface area contributed by atoms with Crippen molar-refractivity contribution in [3.05, 3.63) is 66.3 Å². The molecule has 0 aliphatic carbocycles. The molecule has 0 saturated carbocycles. The second-order valence-electron chi connectivity index (χ2n) is 6.75. The molecule has 0 aliphatic heterocycles. The molecule has 3 aromatic rings. The molecule has 3 rings (SSSR count). The number of benzene rings is 2. The Labute approximate surface area is 148 Å². The predicted octanol–water partition coefficient (Wildman–Crippen LogP) is 4.50. The van der Waals surface area contributed by atoms with Crippen LogP contribution >= 0.6 is 0 Å². The summed E-state index contributed by atoms with van der Waals surface area (Å²) >= 11 is 0. The number of rotatable bonds is 5. The van der Waals surface area contributed by atoms with Crippen LogP contribution in [0.4, 0.5) is 0 Å². The van der Waals surface area contributed by atoms with Crippen LogP contribution in [0.2, 0.25) is 0 Å². The van der Waals surface area contributed by atoms with Gasteiger partial charge < -0.3 is 14.8 Å². The van der Waals surface area contributed by atoms with Gasteiger partial charge >= 0.3 is 0 Å². The summed E-state index contributed by atoms with van der Waals surface area (Å²) in [5, 5.41) is 13.5. The van der Waals surface area contributed by atoms with Gasteiger partial charge in [0, 0.05) is 5.56 Å². The first kappa shape index (κ1) is 17.2. The van der Waals surface area contributed by atoms with Gasteiger partial charge in [0.15, 0.2) is 0 Å². The second-order valence-corrected chi connectivity index (χ2v) is 6.75. The number of nitrogens with zero attached hydrogens (tertiary/aromatic N) is 1. The maximum absolute atomic E-state index is 11.4. The minimum absolute atomic E-state index is 0.0238. The molecule has 2 aromatic carbocycles. The summed E-state index contributed by atoms with van der Waals surface area (Å²) in [6, 6.07) is 9.98. The molecule has 4 nitrogen and oxygen atoms in total. The Balaban J connectivity index is 2.24. The van der Waals surface area contributed by atoms with E-state index in [4.69, 9.17) is 4.74 Å². The Kier molecular flexibility index (Phi) is 4.39. The molecular formula is C21H24N2O2. The van der Waals surface area contributed by atoms with Crippen LogP contribution in [0.3, 0.4) is 0 Å². The molecule has 1 aromatic heterocycles. The zero-order valence-electron chi connectivity index (χ0n) is 15.1. The van der Waals surface area contributed by atoms with Crippen molar-refractivity contribution < 1.29 is 9.84 Å². The van der Waals surface area contributed by atoms with Crippen molar-refractivity contribution in [1.29, 1.82) is 0 Å². The number of H-pyrrole nitrogens is 1. The fraction of sp³-hybridized carbons (Fsp3) is 0.286. The quantitative estimate of drug-likeness (QED) is 0.721. The Morgan fingerprint density at radius 1 is 1.28 bits per heavy atom. The van der Waals surface area contributed by atoms with Gasteiger partial charge in [0.2, 0.25) is 0 Å². The van der Waals surface area contributed by atoms with Gasteiger partial charge in [-0.2, -0.15) is 0 Å². The SMILES string of the molecule is C=C(C)c1c(OC)ccc2cc(C(O)(c3cnc[nH]3)C(C)C)ccc12. The lowest BCUT2D eigenvalue weighted by atomic mass is 9.80. The minimum atomic E-state index is -1.13. The average molecular weight is 336 g/mol. The molecule has 1 unspecified atom stereocenters. The summed E-state index contributed by atoms with van der Waals surface area (Å²) in [7, 11) is 1.66. The standard InChI is InChI=1S/C21H24N2O2/c1-13(2)20-17-8-7-16(10-15(17)6-9-18(20)25-5)21(24,14(3)4)19-11-22-12-23-19/h6-12,14,24H,1H2,2-5H3,(H,22,23). The number of ether oxygens (including phenoxy) is 1. The van der Waals surface area contributed by atoms with E-state index in [1.807, 2.05) is 51.1 Å².